The summed E-state index contributed by atoms with van der Waals surface area (Å²) in [4.78, 5) is 2.19. The first-order valence-electron chi connectivity index (χ1n) is 6.09. The number of likely N-dealkylation sites (N-methyl/N-ethyl adjacent to an activating group) is 1. The van der Waals surface area contributed by atoms with Crippen LogP contribution in [0.15, 0.2) is 30.3 Å². The fourth-order valence-corrected chi connectivity index (χ4v) is 1.89. The van der Waals surface area contributed by atoms with Gasteiger partial charge in [-0.15, -0.1) is 0 Å². The van der Waals surface area contributed by atoms with Crippen LogP contribution in [0.3, 0.4) is 0 Å². The molecule has 1 aromatic carbocycles. The lowest BCUT2D eigenvalue weighted by atomic mass is 9.95. The lowest BCUT2D eigenvalue weighted by Gasteiger charge is -2.31. The van der Waals surface area contributed by atoms with E-state index in [1.165, 1.54) is 0 Å². The van der Waals surface area contributed by atoms with Crippen molar-refractivity contribution in [3.8, 4) is 0 Å². The lowest BCUT2D eigenvalue weighted by Crippen LogP contribution is -2.40. The van der Waals surface area contributed by atoms with E-state index in [1.54, 1.807) is 7.11 Å². The van der Waals surface area contributed by atoms with Gasteiger partial charge in [0, 0.05) is 20.2 Å². The minimum absolute atomic E-state index is 0.622. The number of hydrogen-bond donors (Lipinski definition) is 1. The SMILES string of the molecule is CCN(CCOC)CC(C)(O)c1ccccc1. The number of benzene rings is 1. The maximum Gasteiger partial charge on any atom is 0.0994 e. The van der Waals surface area contributed by atoms with E-state index in [1.807, 2.05) is 37.3 Å². The maximum atomic E-state index is 10.5. The Kier molecular flexibility index (Phi) is 5.62. The molecule has 17 heavy (non-hydrogen) atoms. The fraction of sp³-hybridized carbons (Fsp3) is 0.571. The quantitative estimate of drug-likeness (QED) is 0.785. The van der Waals surface area contributed by atoms with Gasteiger partial charge in [0.2, 0.25) is 0 Å². The molecule has 0 radical (unpaired) electrons. The molecule has 0 saturated heterocycles. The van der Waals surface area contributed by atoms with Gasteiger partial charge >= 0.3 is 0 Å². The van der Waals surface area contributed by atoms with Crippen molar-refractivity contribution < 1.29 is 9.84 Å². The van der Waals surface area contributed by atoms with Crippen molar-refractivity contribution in [1.82, 2.24) is 4.90 Å². The van der Waals surface area contributed by atoms with Gasteiger partial charge in [-0.2, -0.15) is 0 Å². The van der Waals surface area contributed by atoms with Crippen molar-refractivity contribution in [2.24, 2.45) is 0 Å². The standard InChI is InChI=1S/C14H23NO2/c1-4-15(10-11-17-3)12-14(2,16)13-8-6-5-7-9-13/h5-9,16H,4,10-12H2,1-3H3. The number of hydrogen-bond acceptors (Lipinski definition) is 3. The molecule has 0 amide bonds. The topological polar surface area (TPSA) is 32.7 Å². The van der Waals surface area contributed by atoms with E-state index < -0.39 is 5.60 Å². The molecular weight excluding hydrogens is 214 g/mol. The van der Waals surface area contributed by atoms with Crippen LogP contribution in [0.1, 0.15) is 19.4 Å². The van der Waals surface area contributed by atoms with E-state index in [9.17, 15) is 5.11 Å². The van der Waals surface area contributed by atoms with E-state index in [0.29, 0.717) is 13.2 Å². The molecule has 1 unspecified atom stereocenters. The molecule has 0 bridgehead atoms. The van der Waals surface area contributed by atoms with Crippen molar-refractivity contribution in [3.63, 3.8) is 0 Å². The third-order valence-corrected chi connectivity index (χ3v) is 2.99. The number of rotatable bonds is 7. The number of ether oxygens (including phenoxy) is 1. The van der Waals surface area contributed by atoms with Gasteiger partial charge in [0.15, 0.2) is 0 Å². The number of methoxy groups -OCH3 is 1. The Morgan fingerprint density at radius 2 is 1.94 bits per heavy atom. The molecule has 1 aromatic rings. The summed E-state index contributed by atoms with van der Waals surface area (Å²) in [6.07, 6.45) is 0. The molecule has 0 aromatic heterocycles. The summed E-state index contributed by atoms with van der Waals surface area (Å²) < 4.78 is 5.07. The van der Waals surface area contributed by atoms with E-state index in [4.69, 9.17) is 4.74 Å². The second kappa shape index (κ2) is 6.74. The first-order valence-corrected chi connectivity index (χ1v) is 6.09. The molecule has 0 fully saturated rings. The largest absolute Gasteiger partial charge is 0.384 e. The average molecular weight is 237 g/mol. The highest BCUT2D eigenvalue weighted by Crippen LogP contribution is 2.21. The Morgan fingerprint density at radius 3 is 2.47 bits per heavy atom. The molecule has 0 spiro atoms. The average Bonchev–Trinajstić information content (AvgIpc) is 2.35. The van der Waals surface area contributed by atoms with Crippen LogP contribution in [0.25, 0.3) is 0 Å². The second-order valence-electron chi connectivity index (χ2n) is 4.50. The van der Waals surface area contributed by atoms with E-state index >= 15 is 0 Å². The van der Waals surface area contributed by atoms with E-state index in [-0.39, 0.29) is 0 Å². The van der Waals surface area contributed by atoms with Crippen molar-refractivity contribution in [3.05, 3.63) is 35.9 Å². The maximum absolute atomic E-state index is 10.5. The summed E-state index contributed by atoms with van der Waals surface area (Å²) in [6, 6.07) is 9.79. The summed E-state index contributed by atoms with van der Waals surface area (Å²) in [5.41, 5.74) is 0.140. The molecule has 0 aliphatic rings. The minimum Gasteiger partial charge on any atom is -0.384 e. The van der Waals surface area contributed by atoms with Crippen LogP contribution >= 0.6 is 0 Å². The van der Waals surface area contributed by atoms with Gasteiger partial charge in [0.1, 0.15) is 0 Å². The smallest absolute Gasteiger partial charge is 0.0994 e. The zero-order valence-corrected chi connectivity index (χ0v) is 11.0. The molecule has 0 aliphatic carbocycles. The van der Waals surface area contributed by atoms with Crippen LogP contribution in [0.5, 0.6) is 0 Å². The fourth-order valence-electron chi connectivity index (χ4n) is 1.89. The molecule has 1 N–H and O–H groups in total. The molecule has 0 heterocycles. The second-order valence-corrected chi connectivity index (χ2v) is 4.50. The first kappa shape index (κ1) is 14.2. The summed E-state index contributed by atoms with van der Waals surface area (Å²) in [6.45, 7) is 7.02. The zero-order valence-electron chi connectivity index (χ0n) is 11.0. The Morgan fingerprint density at radius 1 is 1.29 bits per heavy atom. The highest BCUT2D eigenvalue weighted by Gasteiger charge is 2.25. The van der Waals surface area contributed by atoms with Gasteiger partial charge < -0.3 is 9.84 Å². The van der Waals surface area contributed by atoms with Crippen LogP contribution in [0, 0.1) is 0 Å². The third-order valence-electron chi connectivity index (χ3n) is 2.99. The van der Waals surface area contributed by atoms with Gasteiger partial charge in [-0.1, -0.05) is 37.3 Å². The van der Waals surface area contributed by atoms with E-state index in [2.05, 4.69) is 11.8 Å². The monoisotopic (exact) mass is 237 g/mol. The van der Waals surface area contributed by atoms with E-state index in [0.717, 1.165) is 18.7 Å². The van der Waals surface area contributed by atoms with Crippen LogP contribution in [-0.4, -0.2) is 43.4 Å². The van der Waals surface area contributed by atoms with Crippen LogP contribution < -0.4 is 0 Å². The summed E-state index contributed by atoms with van der Waals surface area (Å²) in [5.74, 6) is 0. The van der Waals surface area contributed by atoms with Gasteiger partial charge in [-0.05, 0) is 19.0 Å². The Balaban J connectivity index is 2.64. The van der Waals surface area contributed by atoms with Gasteiger partial charge in [-0.25, -0.2) is 0 Å². The van der Waals surface area contributed by atoms with Crippen molar-refractivity contribution in [2.45, 2.75) is 19.4 Å². The first-order chi connectivity index (χ1) is 8.10. The molecule has 1 rings (SSSR count). The summed E-state index contributed by atoms with van der Waals surface area (Å²) in [5, 5.41) is 10.5. The molecule has 3 heteroatoms. The third kappa shape index (κ3) is 4.46. The Hall–Kier alpha value is -0.900. The van der Waals surface area contributed by atoms with Crippen molar-refractivity contribution in [2.75, 3.05) is 33.4 Å². The molecule has 96 valence electrons. The Labute approximate surface area is 104 Å². The predicted molar refractivity (Wildman–Crippen MR) is 70.0 cm³/mol. The summed E-state index contributed by atoms with van der Waals surface area (Å²) >= 11 is 0. The van der Waals surface area contributed by atoms with Crippen molar-refractivity contribution >= 4 is 0 Å². The summed E-state index contributed by atoms with van der Waals surface area (Å²) in [7, 11) is 1.70. The van der Waals surface area contributed by atoms with Crippen LogP contribution in [0.2, 0.25) is 0 Å². The highest BCUT2D eigenvalue weighted by atomic mass is 16.5. The lowest BCUT2D eigenvalue weighted by molar-refractivity contribution is 0.0107. The van der Waals surface area contributed by atoms with Crippen molar-refractivity contribution in [1.29, 1.82) is 0 Å². The molecule has 0 saturated carbocycles. The normalized spacial score (nSPS) is 14.9. The predicted octanol–water partition coefficient (Wildman–Crippen LogP) is 1.86. The van der Waals surface area contributed by atoms with Crippen LogP contribution in [-0.2, 0) is 10.3 Å². The van der Waals surface area contributed by atoms with Gasteiger partial charge in [0.05, 0.1) is 12.2 Å². The van der Waals surface area contributed by atoms with Gasteiger partial charge in [-0.3, -0.25) is 4.90 Å². The molecule has 3 nitrogen and oxygen atoms in total. The number of nitrogens with zero attached hydrogens (tertiary/aromatic N) is 1. The molecule has 0 aliphatic heterocycles. The van der Waals surface area contributed by atoms with Crippen LogP contribution in [0.4, 0.5) is 0 Å². The zero-order chi connectivity index (χ0) is 12.7. The van der Waals surface area contributed by atoms with Gasteiger partial charge in [0.25, 0.3) is 0 Å². The minimum atomic E-state index is -0.814. The molecule has 1 atom stereocenters. The Bertz CT molecular complexity index is 311. The highest BCUT2D eigenvalue weighted by molar-refractivity contribution is 5.21. The molecular formula is C14H23NO2. The number of aliphatic hydroxyl groups is 1.